The van der Waals surface area contributed by atoms with Gasteiger partial charge >= 0.3 is 0 Å². The molecular formula is C28H26FN5O3. The number of carbonyl (C=O) groups is 2. The number of aryl methyl sites for hydroxylation is 1. The molecule has 1 fully saturated rings. The molecule has 9 heteroatoms. The fourth-order valence-electron chi connectivity index (χ4n) is 3.84. The minimum Gasteiger partial charge on any atom is -0.457 e. The highest BCUT2D eigenvalue weighted by molar-refractivity contribution is 5.97. The monoisotopic (exact) mass is 499 g/mol. The number of imidazole rings is 1. The Morgan fingerprint density at radius 2 is 1.76 bits per heavy atom. The first-order valence-corrected chi connectivity index (χ1v) is 12.0. The molecule has 188 valence electrons. The lowest BCUT2D eigenvalue weighted by Gasteiger charge is -2.17. The molecule has 8 nitrogen and oxygen atoms in total. The Hall–Kier alpha value is -4.53. The predicted molar refractivity (Wildman–Crippen MR) is 136 cm³/mol. The maximum Gasteiger partial charge on any atom is 0.248 e. The number of benzene rings is 2. The van der Waals surface area contributed by atoms with Crippen LogP contribution in [0.15, 0.2) is 79.3 Å². The molecule has 2 heterocycles. The van der Waals surface area contributed by atoms with Crippen LogP contribution in [-0.4, -0.2) is 32.4 Å². The molecule has 1 aliphatic rings. The molecule has 2 N–H and O–H groups in total. The van der Waals surface area contributed by atoms with Crippen LogP contribution < -0.4 is 15.4 Å². The van der Waals surface area contributed by atoms with Gasteiger partial charge in [-0.25, -0.2) is 14.4 Å². The minimum atomic E-state index is -0.767. The molecule has 2 aromatic heterocycles. The second kappa shape index (κ2) is 10.6. The van der Waals surface area contributed by atoms with Crippen molar-refractivity contribution in [3.63, 3.8) is 0 Å². The van der Waals surface area contributed by atoms with Gasteiger partial charge in [0.15, 0.2) is 0 Å². The molecule has 0 spiro atoms. The number of hydrogen-bond acceptors (Lipinski definition) is 5. The third kappa shape index (κ3) is 6.38. The molecule has 1 aliphatic carbocycles. The number of hydrogen-bond donors (Lipinski definition) is 2. The summed E-state index contributed by atoms with van der Waals surface area (Å²) >= 11 is 0. The molecule has 0 saturated heterocycles. The summed E-state index contributed by atoms with van der Waals surface area (Å²) in [5.74, 6) is 0.702. The molecule has 0 aliphatic heterocycles. The number of rotatable bonds is 9. The summed E-state index contributed by atoms with van der Waals surface area (Å²) in [7, 11) is 1.85. The number of pyridine rings is 1. The Balaban J connectivity index is 1.27. The fourth-order valence-corrected chi connectivity index (χ4v) is 3.84. The van der Waals surface area contributed by atoms with Gasteiger partial charge in [-0.1, -0.05) is 6.07 Å². The Bertz CT molecular complexity index is 1400. The SMILES string of the molecule is Cn1cnc(C[C@H](NC(=O)C2CC2)C(=O)Nc2cccc(-c3ccc(Oc4ccc(F)cc4)cc3)n2)c1. The number of ether oxygens (including phenoxy) is 1. The summed E-state index contributed by atoms with van der Waals surface area (Å²) in [4.78, 5) is 34.4. The average molecular weight is 500 g/mol. The van der Waals surface area contributed by atoms with Crippen molar-refractivity contribution in [2.45, 2.75) is 25.3 Å². The topological polar surface area (TPSA) is 98.1 Å². The normalized spacial score (nSPS) is 13.6. The Labute approximate surface area is 213 Å². The summed E-state index contributed by atoms with van der Waals surface area (Å²) in [5, 5.41) is 5.71. The van der Waals surface area contributed by atoms with Crippen LogP contribution in [0.25, 0.3) is 11.3 Å². The van der Waals surface area contributed by atoms with Crippen molar-refractivity contribution in [1.29, 1.82) is 0 Å². The third-order valence-corrected chi connectivity index (χ3v) is 5.95. The Morgan fingerprint density at radius 3 is 2.41 bits per heavy atom. The van der Waals surface area contributed by atoms with Gasteiger partial charge in [0.2, 0.25) is 11.8 Å². The molecule has 1 saturated carbocycles. The summed E-state index contributed by atoms with van der Waals surface area (Å²) in [6.07, 6.45) is 5.46. The van der Waals surface area contributed by atoms with E-state index in [9.17, 15) is 14.0 Å². The van der Waals surface area contributed by atoms with E-state index < -0.39 is 6.04 Å². The molecule has 0 unspecified atom stereocenters. The summed E-state index contributed by atoms with van der Waals surface area (Å²) in [5.41, 5.74) is 2.20. The zero-order valence-corrected chi connectivity index (χ0v) is 20.2. The molecule has 1 atom stereocenters. The molecule has 0 radical (unpaired) electrons. The molecule has 37 heavy (non-hydrogen) atoms. The van der Waals surface area contributed by atoms with Gasteiger partial charge in [-0.05, 0) is 73.5 Å². The maximum atomic E-state index is 13.1. The quantitative estimate of drug-likeness (QED) is 0.354. The van der Waals surface area contributed by atoms with Crippen LogP contribution in [0, 0.1) is 11.7 Å². The van der Waals surface area contributed by atoms with Crippen molar-refractivity contribution in [2.75, 3.05) is 5.32 Å². The van der Waals surface area contributed by atoms with Crippen molar-refractivity contribution in [2.24, 2.45) is 13.0 Å². The number of aromatic nitrogens is 3. The molecule has 4 aromatic rings. The number of anilines is 1. The van der Waals surface area contributed by atoms with E-state index in [-0.39, 0.29) is 30.0 Å². The summed E-state index contributed by atoms with van der Waals surface area (Å²) < 4.78 is 20.6. The first-order valence-electron chi connectivity index (χ1n) is 12.0. The zero-order chi connectivity index (χ0) is 25.8. The van der Waals surface area contributed by atoms with Crippen LogP contribution in [0.5, 0.6) is 11.5 Å². The largest absolute Gasteiger partial charge is 0.457 e. The summed E-state index contributed by atoms with van der Waals surface area (Å²) in [6.45, 7) is 0. The number of nitrogens with zero attached hydrogens (tertiary/aromatic N) is 3. The highest BCUT2D eigenvalue weighted by atomic mass is 19.1. The lowest BCUT2D eigenvalue weighted by Crippen LogP contribution is -2.46. The summed E-state index contributed by atoms with van der Waals surface area (Å²) in [6, 6.07) is 17.7. The zero-order valence-electron chi connectivity index (χ0n) is 20.2. The van der Waals surface area contributed by atoms with E-state index in [4.69, 9.17) is 4.74 Å². The van der Waals surface area contributed by atoms with Gasteiger partial charge in [-0.15, -0.1) is 0 Å². The van der Waals surface area contributed by atoms with Gasteiger partial charge in [0.05, 0.1) is 17.7 Å². The van der Waals surface area contributed by atoms with Crippen LogP contribution in [0.3, 0.4) is 0 Å². The first-order chi connectivity index (χ1) is 17.9. The molecule has 5 rings (SSSR count). The van der Waals surface area contributed by atoms with Crippen LogP contribution in [0.4, 0.5) is 10.2 Å². The van der Waals surface area contributed by atoms with Gasteiger partial charge in [0, 0.05) is 31.1 Å². The van der Waals surface area contributed by atoms with Crippen LogP contribution in [0.1, 0.15) is 18.5 Å². The fraction of sp³-hybridized carbons (Fsp3) is 0.214. The molecular weight excluding hydrogens is 473 g/mol. The highest BCUT2D eigenvalue weighted by Gasteiger charge is 2.33. The number of carbonyl (C=O) groups excluding carboxylic acids is 2. The second-order valence-corrected chi connectivity index (χ2v) is 9.05. The minimum absolute atomic E-state index is 0.0181. The first kappa shape index (κ1) is 24.2. The van der Waals surface area contributed by atoms with E-state index in [1.54, 1.807) is 47.3 Å². The van der Waals surface area contributed by atoms with E-state index in [1.165, 1.54) is 12.1 Å². The van der Waals surface area contributed by atoms with Crippen molar-refractivity contribution in [1.82, 2.24) is 19.9 Å². The van der Waals surface area contributed by atoms with Gasteiger partial charge in [0.1, 0.15) is 29.2 Å². The van der Waals surface area contributed by atoms with Crippen molar-refractivity contribution in [3.8, 4) is 22.8 Å². The smallest absolute Gasteiger partial charge is 0.248 e. The van der Waals surface area contributed by atoms with Crippen LogP contribution in [-0.2, 0) is 23.1 Å². The molecule has 0 bridgehead atoms. The third-order valence-electron chi connectivity index (χ3n) is 5.95. The van der Waals surface area contributed by atoms with E-state index in [0.29, 0.717) is 28.7 Å². The van der Waals surface area contributed by atoms with E-state index in [1.807, 2.05) is 31.4 Å². The van der Waals surface area contributed by atoms with Crippen molar-refractivity contribution < 1.29 is 18.7 Å². The van der Waals surface area contributed by atoms with Gasteiger partial charge in [0.25, 0.3) is 0 Å². The highest BCUT2D eigenvalue weighted by Crippen LogP contribution is 2.29. The standard InChI is InChI=1S/C28H26FN5O3/c1-34-16-21(30-17-34)15-25(32-27(35)19-5-6-19)28(36)33-26-4-2-3-24(31-26)18-7-11-22(12-8-18)37-23-13-9-20(29)10-14-23/h2-4,7-14,16-17,19,25H,5-6,15H2,1H3,(H,32,35)(H,31,33,36)/t25-/m0/s1. The van der Waals surface area contributed by atoms with E-state index in [0.717, 1.165) is 18.4 Å². The average Bonchev–Trinajstić information content (AvgIpc) is 3.67. The Kier molecular flexibility index (Phi) is 6.93. The van der Waals surface area contributed by atoms with Crippen molar-refractivity contribution >= 4 is 17.6 Å². The lowest BCUT2D eigenvalue weighted by atomic mass is 10.1. The maximum absolute atomic E-state index is 13.1. The van der Waals surface area contributed by atoms with Gasteiger partial charge < -0.3 is 19.9 Å². The molecule has 2 amide bonds. The number of nitrogens with one attached hydrogen (secondary N) is 2. The molecule has 2 aromatic carbocycles. The van der Waals surface area contributed by atoms with Crippen LogP contribution >= 0.6 is 0 Å². The van der Waals surface area contributed by atoms with E-state index >= 15 is 0 Å². The lowest BCUT2D eigenvalue weighted by molar-refractivity contribution is -0.127. The van der Waals surface area contributed by atoms with Gasteiger partial charge in [-0.3, -0.25) is 9.59 Å². The number of amides is 2. The van der Waals surface area contributed by atoms with E-state index in [2.05, 4.69) is 20.6 Å². The predicted octanol–water partition coefficient (Wildman–Crippen LogP) is 4.49. The number of halogens is 1. The van der Waals surface area contributed by atoms with Crippen LogP contribution in [0.2, 0.25) is 0 Å². The Morgan fingerprint density at radius 1 is 1.05 bits per heavy atom. The van der Waals surface area contributed by atoms with Crippen molar-refractivity contribution in [3.05, 3.63) is 90.8 Å². The second-order valence-electron chi connectivity index (χ2n) is 9.05. The van der Waals surface area contributed by atoms with Gasteiger partial charge in [-0.2, -0.15) is 0 Å².